The molecule has 0 heterocycles. The molecule has 0 aromatic heterocycles. The molecule has 0 aliphatic rings. The third-order valence-electron chi connectivity index (χ3n) is 3.11. The average Bonchev–Trinajstić information content (AvgIpc) is 2.35. The van der Waals surface area contributed by atoms with E-state index in [2.05, 4.69) is 31.0 Å². The van der Waals surface area contributed by atoms with Crippen molar-refractivity contribution >= 4 is 0 Å². The van der Waals surface area contributed by atoms with E-state index in [0.717, 1.165) is 25.3 Å². The molecule has 102 valence electrons. The van der Waals surface area contributed by atoms with Crippen molar-refractivity contribution in [1.82, 2.24) is 4.90 Å². The molecule has 3 nitrogen and oxygen atoms in total. The van der Waals surface area contributed by atoms with E-state index in [1.165, 1.54) is 5.56 Å². The first-order valence-electron chi connectivity index (χ1n) is 6.71. The van der Waals surface area contributed by atoms with Gasteiger partial charge in [0.05, 0.1) is 6.10 Å². The molecule has 0 bridgehead atoms. The Hall–Kier alpha value is -1.06. The van der Waals surface area contributed by atoms with Crippen molar-refractivity contribution in [3.63, 3.8) is 0 Å². The lowest BCUT2D eigenvalue weighted by Gasteiger charge is -2.25. The lowest BCUT2D eigenvalue weighted by atomic mass is 10.1. The molecule has 0 saturated heterocycles. The molecule has 0 aliphatic heterocycles. The van der Waals surface area contributed by atoms with Crippen molar-refractivity contribution in [1.29, 1.82) is 0 Å². The van der Waals surface area contributed by atoms with Gasteiger partial charge in [0.15, 0.2) is 0 Å². The Bertz CT molecular complexity index is 335. The van der Waals surface area contributed by atoms with Crippen molar-refractivity contribution in [2.45, 2.75) is 39.3 Å². The molecule has 0 radical (unpaired) electrons. The third-order valence-corrected chi connectivity index (χ3v) is 3.11. The van der Waals surface area contributed by atoms with Gasteiger partial charge in [-0.15, -0.1) is 0 Å². The van der Waals surface area contributed by atoms with Gasteiger partial charge in [0.1, 0.15) is 5.75 Å². The standard InChI is InChI=1S/C15H26N2O/c1-12(2)18-15-8-6-14(7-9-15)13(3)17(4)11-5-10-16/h6-9,12-13H,5,10-11,16H2,1-4H3. The van der Waals surface area contributed by atoms with Gasteiger partial charge in [0.2, 0.25) is 0 Å². The topological polar surface area (TPSA) is 38.5 Å². The highest BCUT2D eigenvalue weighted by Crippen LogP contribution is 2.22. The number of benzene rings is 1. The molecule has 2 N–H and O–H groups in total. The minimum atomic E-state index is 0.223. The van der Waals surface area contributed by atoms with Gasteiger partial charge in [-0.25, -0.2) is 0 Å². The van der Waals surface area contributed by atoms with Crippen molar-refractivity contribution in [2.75, 3.05) is 20.1 Å². The van der Waals surface area contributed by atoms with Crippen LogP contribution in [0.2, 0.25) is 0 Å². The van der Waals surface area contributed by atoms with Crippen LogP contribution in [0.4, 0.5) is 0 Å². The van der Waals surface area contributed by atoms with E-state index >= 15 is 0 Å². The zero-order valence-corrected chi connectivity index (χ0v) is 12.0. The molecule has 0 aliphatic carbocycles. The first kappa shape index (κ1) is 15.0. The summed E-state index contributed by atoms with van der Waals surface area (Å²) in [6, 6.07) is 8.78. The van der Waals surface area contributed by atoms with E-state index in [0.29, 0.717) is 6.04 Å². The summed E-state index contributed by atoms with van der Waals surface area (Å²) in [5.41, 5.74) is 6.85. The molecule has 1 aromatic rings. The molecule has 0 saturated carbocycles. The Morgan fingerprint density at radius 3 is 2.28 bits per heavy atom. The Morgan fingerprint density at radius 1 is 1.17 bits per heavy atom. The Balaban J connectivity index is 2.60. The highest BCUT2D eigenvalue weighted by Gasteiger charge is 2.11. The Labute approximate surface area is 111 Å². The third kappa shape index (κ3) is 4.67. The largest absolute Gasteiger partial charge is 0.491 e. The minimum absolute atomic E-state index is 0.223. The van der Waals surface area contributed by atoms with Crippen molar-refractivity contribution < 1.29 is 4.74 Å². The molecule has 1 aromatic carbocycles. The second kappa shape index (κ2) is 7.39. The van der Waals surface area contributed by atoms with Crippen LogP contribution in [0.15, 0.2) is 24.3 Å². The van der Waals surface area contributed by atoms with Crippen LogP contribution in [-0.2, 0) is 0 Å². The lowest BCUT2D eigenvalue weighted by Crippen LogP contribution is -2.25. The van der Waals surface area contributed by atoms with Crippen LogP contribution >= 0.6 is 0 Å². The van der Waals surface area contributed by atoms with Gasteiger partial charge in [0, 0.05) is 6.04 Å². The fraction of sp³-hybridized carbons (Fsp3) is 0.600. The summed E-state index contributed by atoms with van der Waals surface area (Å²) >= 11 is 0. The van der Waals surface area contributed by atoms with Crippen molar-refractivity contribution in [2.24, 2.45) is 5.73 Å². The molecular weight excluding hydrogens is 224 g/mol. The normalized spacial score (nSPS) is 13.1. The predicted octanol–water partition coefficient (Wildman–Crippen LogP) is 2.82. The van der Waals surface area contributed by atoms with Gasteiger partial charge in [-0.2, -0.15) is 0 Å². The van der Waals surface area contributed by atoms with E-state index in [4.69, 9.17) is 10.5 Å². The number of nitrogens with two attached hydrogens (primary N) is 1. The predicted molar refractivity (Wildman–Crippen MR) is 76.9 cm³/mol. The zero-order chi connectivity index (χ0) is 13.5. The quantitative estimate of drug-likeness (QED) is 0.808. The smallest absolute Gasteiger partial charge is 0.119 e. The molecule has 3 heteroatoms. The Kier molecular flexibility index (Phi) is 6.16. The molecular formula is C15H26N2O. The highest BCUT2D eigenvalue weighted by molar-refractivity contribution is 5.29. The fourth-order valence-electron chi connectivity index (χ4n) is 1.89. The minimum Gasteiger partial charge on any atom is -0.491 e. The summed E-state index contributed by atoms with van der Waals surface area (Å²) in [6.45, 7) is 8.07. The number of hydrogen-bond donors (Lipinski definition) is 1. The maximum Gasteiger partial charge on any atom is 0.119 e. The second-order valence-electron chi connectivity index (χ2n) is 5.03. The van der Waals surface area contributed by atoms with Crippen LogP contribution in [0.5, 0.6) is 5.75 Å². The SMILES string of the molecule is CC(C)Oc1ccc(C(C)N(C)CCCN)cc1. The summed E-state index contributed by atoms with van der Waals surface area (Å²) in [5.74, 6) is 0.936. The van der Waals surface area contributed by atoms with E-state index < -0.39 is 0 Å². The molecule has 1 unspecified atom stereocenters. The molecule has 18 heavy (non-hydrogen) atoms. The summed E-state index contributed by atoms with van der Waals surface area (Å²) in [6.07, 6.45) is 1.26. The zero-order valence-electron chi connectivity index (χ0n) is 12.0. The van der Waals surface area contributed by atoms with Crippen LogP contribution in [0, 0.1) is 0 Å². The van der Waals surface area contributed by atoms with Gasteiger partial charge in [-0.3, -0.25) is 4.90 Å². The number of rotatable bonds is 7. The highest BCUT2D eigenvalue weighted by atomic mass is 16.5. The number of nitrogens with zero attached hydrogens (tertiary/aromatic N) is 1. The number of hydrogen-bond acceptors (Lipinski definition) is 3. The van der Waals surface area contributed by atoms with Gasteiger partial charge < -0.3 is 10.5 Å². The first-order valence-corrected chi connectivity index (χ1v) is 6.71. The summed E-state index contributed by atoms with van der Waals surface area (Å²) < 4.78 is 5.64. The lowest BCUT2D eigenvalue weighted by molar-refractivity contribution is 0.241. The van der Waals surface area contributed by atoms with Crippen LogP contribution in [0.1, 0.15) is 38.8 Å². The molecule has 1 atom stereocenters. The van der Waals surface area contributed by atoms with Gasteiger partial charge in [-0.1, -0.05) is 12.1 Å². The number of ether oxygens (including phenoxy) is 1. The van der Waals surface area contributed by atoms with Crippen molar-refractivity contribution in [3.05, 3.63) is 29.8 Å². The molecule has 0 amide bonds. The first-order chi connectivity index (χ1) is 8.54. The van der Waals surface area contributed by atoms with Crippen LogP contribution < -0.4 is 10.5 Å². The van der Waals surface area contributed by atoms with Crippen molar-refractivity contribution in [3.8, 4) is 5.75 Å². The van der Waals surface area contributed by atoms with Crippen LogP contribution in [-0.4, -0.2) is 31.1 Å². The van der Waals surface area contributed by atoms with E-state index in [1.54, 1.807) is 0 Å². The summed E-state index contributed by atoms with van der Waals surface area (Å²) in [5, 5.41) is 0. The van der Waals surface area contributed by atoms with E-state index in [1.807, 2.05) is 26.0 Å². The van der Waals surface area contributed by atoms with Gasteiger partial charge >= 0.3 is 0 Å². The van der Waals surface area contributed by atoms with E-state index in [9.17, 15) is 0 Å². The second-order valence-corrected chi connectivity index (χ2v) is 5.03. The van der Waals surface area contributed by atoms with Crippen LogP contribution in [0.3, 0.4) is 0 Å². The monoisotopic (exact) mass is 250 g/mol. The molecule has 1 rings (SSSR count). The molecule has 0 fully saturated rings. The van der Waals surface area contributed by atoms with Gasteiger partial charge in [-0.05, 0) is 65.0 Å². The fourth-order valence-corrected chi connectivity index (χ4v) is 1.89. The molecule has 0 spiro atoms. The maximum absolute atomic E-state index is 5.64. The van der Waals surface area contributed by atoms with Crippen LogP contribution in [0.25, 0.3) is 0 Å². The van der Waals surface area contributed by atoms with Gasteiger partial charge in [0.25, 0.3) is 0 Å². The maximum atomic E-state index is 5.64. The van der Waals surface area contributed by atoms with E-state index in [-0.39, 0.29) is 6.10 Å². The summed E-state index contributed by atoms with van der Waals surface area (Å²) in [4.78, 5) is 2.32. The average molecular weight is 250 g/mol. The Morgan fingerprint density at radius 2 is 1.78 bits per heavy atom. The summed E-state index contributed by atoms with van der Waals surface area (Å²) in [7, 11) is 2.14.